The second kappa shape index (κ2) is 6.40. The van der Waals surface area contributed by atoms with Gasteiger partial charge in [0, 0.05) is 13.0 Å². The normalized spacial score (nSPS) is 12.6. The second-order valence-electron chi connectivity index (χ2n) is 3.48. The molecule has 0 heterocycles. The van der Waals surface area contributed by atoms with Gasteiger partial charge in [-0.2, -0.15) is 0 Å². The summed E-state index contributed by atoms with van der Waals surface area (Å²) in [4.78, 5) is 21.4. The van der Waals surface area contributed by atoms with Gasteiger partial charge in [-0.05, 0) is 5.92 Å². The SMILES string of the molecule is CCC(CC)[C@@H](CC(=O)O)NC(C)=O. The zero-order valence-electron chi connectivity index (χ0n) is 9.04. The number of rotatable bonds is 6. The number of carboxylic acid groups (broad SMARTS) is 1. The molecule has 1 atom stereocenters. The highest BCUT2D eigenvalue weighted by molar-refractivity contribution is 5.75. The lowest BCUT2D eigenvalue weighted by Gasteiger charge is -2.24. The maximum absolute atomic E-state index is 10.9. The summed E-state index contributed by atoms with van der Waals surface area (Å²) in [7, 11) is 0. The molecule has 82 valence electrons. The Hall–Kier alpha value is -1.06. The van der Waals surface area contributed by atoms with Crippen LogP contribution in [0.15, 0.2) is 0 Å². The number of aliphatic carboxylic acids is 1. The zero-order valence-corrected chi connectivity index (χ0v) is 9.04. The Bertz CT molecular complexity index is 184. The molecule has 0 spiro atoms. The third-order valence-corrected chi connectivity index (χ3v) is 2.40. The van der Waals surface area contributed by atoms with E-state index in [2.05, 4.69) is 5.32 Å². The number of carbonyl (C=O) groups is 2. The summed E-state index contributed by atoms with van der Waals surface area (Å²) in [6, 6.07) is -0.236. The largest absolute Gasteiger partial charge is 0.481 e. The average Bonchev–Trinajstić information content (AvgIpc) is 2.03. The summed E-state index contributed by atoms with van der Waals surface area (Å²) in [6.07, 6.45) is 1.77. The molecule has 2 N–H and O–H groups in total. The van der Waals surface area contributed by atoms with Crippen molar-refractivity contribution < 1.29 is 14.7 Å². The van der Waals surface area contributed by atoms with Crippen LogP contribution < -0.4 is 5.32 Å². The lowest BCUT2D eigenvalue weighted by molar-refractivity contribution is -0.138. The lowest BCUT2D eigenvalue weighted by atomic mass is 9.92. The predicted molar refractivity (Wildman–Crippen MR) is 53.9 cm³/mol. The van der Waals surface area contributed by atoms with Gasteiger partial charge in [-0.1, -0.05) is 26.7 Å². The molecule has 0 radical (unpaired) electrons. The molecule has 4 nitrogen and oxygen atoms in total. The molecule has 0 aliphatic heterocycles. The van der Waals surface area contributed by atoms with Crippen molar-refractivity contribution in [3.63, 3.8) is 0 Å². The van der Waals surface area contributed by atoms with Crippen molar-refractivity contribution in [1.82, 2.24) is 5.32 Å². The Labute approximate surface area is 84.7 Å². The first-order valence-electron chi connectivity index (χ1n) is 5.00. The van der Waals surface area contributed by atoms with Crippen molar-refractivity contribution in [2.24, 2.45) is 5.92 Å². The standard InChI is InChI=1S/C10H19NO3/c1-4-8(5-2)9(6-10(13)14)11-7(3)12/h8-9H,4-6H2,1-3H3,(H,11,12)(H,13,14)/t9-/m1/s1. The third kappa shape index (κ3) is 4.84. The fourth-order valence-electron chi connectivity index (χ4n) is 1.64. The van der Waals surface area contributed by atoms with E-state index in [0.29, 0.717) is 0 Å². The summed E-state index contributed by atoms with van der Waals surface area (Å²) in [5, 5.41) is 11.4. The third-order valence-electron chi connectivity index (χ3n) is 2.40. The van der Waals surface area contributed by atoms with Crippen LogP contribution in [0, 0.1) is 5.92 Å². The second-order valence-corrected chi connectivity index (χ2v) is 3.48. The molecule has 0 bridgehead atoms. The Morgan fingerprint density at radius 3 is 2.07 bits per heavy atom. The summed E-state index contributed by atoms with van der Waals surface area (Å²) < 4.78 is 0. The van der Waals surface area contributed by atoms with Gasteiger partial charge in [0.1, 0.15) is 0 Å². The molecule has 0 aliphatic rings. The van der Waals surface area contributed by atoms with E-state index < -0.39 is 5.97 Å². The van der Waals surface area contributed by atoms with Crippen molar-refractivity contribution in [2.45, 2.75) is 46.1 Å². The van der Waals surface area contributed by atoms with Crippen LogP contribution in [0.4, 0.5) is 0 Å². The number of carbonyl (C=O) groups excluding carboxylic acids is 1. The van der Waals surface area contributed by atoms with Gasteiger partial charge in [0.2, 0.25) is 5.91 Å². The molecule has 0 aromatic heterocycles. The molecule has 0 aromatic carbocycles. The monoisotopic (exact) mass is 201 g/mol. The van der Waals surface area contributed by atoms with Crippen molar-refractivity contribution in [2.75, 3.05) is 0 Å². The Morgan fingerprint density at radius 1 is 1.29 bits per heavy atom. The fraction of sp³-hybridized carbons (Fsp3) is 0.800. The number of hydrogen-bond acceptors (Lipinski definition) is 2. The van der Waals surface area contributed by atoms with E-state index in [1.54, 1.807) is 0 Å². The van der Waals surface area contributed by atoms with Crippen LogP contribution in [0.25, 0.3) is 0 Å². The van der Waals surface area contributed by atoms with Gasteiger partial charge in [0.25, 0.3) is 0 Å². The predicted octanol–water partition coefficient (Wildman–Crippen LogP) is 1.40. The number of amides is 1. The van der Waals surface area contributed by atoms with Crippen molar-refractivity contribution >= 4 is 11.9 Å². The van der Waals surface area contributed by atoms with Gasteiger partial charge in [-0.25, -0.2) is 0 Å². The van der Waals surface area contributed by atoms with E-state index in [0.717, 1.165) is 12.8 Å². The van der Waals surface area contributed by atoms with Crippen LogP contribution in [-0.4, -0.2) is 23.0 Å². The van der Waals surface area contributed by atoms with E-state index in [-0.39, 0.29) is 24.3 Å². The van der Waals surface area contributed by atoms with Crippen molar-refractivity contribution in [3.8, 4) is 0 Å². The molecule has 0 fully saturated rings. The first-order chi connectivity index (χ1) is 6.51. The summed E-state index contributed by atoms with van der Waals surface area (Å²) in [5.41, 5.74) is 0. The van der Waals surface area contributed by atoms with Crippen LogP contribution in [0.3, 0.4) is 0 Å². The van der Waals surface area contributed by atoms with Gasteiger partial charge in [-0.15, -0.1) is 0 Å². The van der Waals surface area contributed by atoms with Crippen LogP contribution in [0.5, 0.6) is 0 Å². The van der Waals surface area contributed by atoms with Gasteiger partial charge in [0.15, 0.2) is 0 Å². The van der Waals surface area contributed by atoms with Crippen LogP contribution >= 0.6 is 0 Å². The van der Waals surface area contributed by atoms with Gasteiger partial charge < -0.3 is 10.4 Å². The molecular weight excluding hydrogens is 182 g/mol. The summed E-state index contributed by atoms with van der Waals surface area (Å²) in [6.45, 7) is 5.42. The van der Waals surface area contributed by atoms with E-state index in [4.69, 9.17) is 5.11 Å². The first kappa shape index (κ1) is 12.9. The van der Waals surface area contributed by atoms with E-state index in [9.17, 15) is 9.59 Å². The molecule has 0 saturated heterocycles. The molecular formula is C10H19NO3. The average molecular weight is 201 g/mol. The molecule has 0 aliphatic carbocycles. The van der Waals surface area contributed by atoms with Gasteiger partial charge in [-0.3, -0.25) is 9.59 Å². The molecule has 1 amide bonds. The Kier molecular flexibility index (Phi) is 5.92. The van der Waals surface area contributed by atoms with Gasteiger partial charge >= 0.3 is 5.97 Å². The van der Waals surface area contributed by atoms with Crippen molar-refractivity contribution in [1.29, 1.82) is 0 Å². The lowest BCUT2D eigenvalue weighted by Crippen LogP contribution is -2.40. The van der Waals surface area contributed by atoms with Crippen molar-refractivity contribution in [3.05, 3.63) is 0 Å². The van der Waals surface area contributed by atoms with E-state index >= 15 is 0 Å². The molecule has 0 rings (SSSR count). The highest BCUT2D eigenvalue weighted by atomic mass is 16.4. The quantitative estimate of drug-likeness (QED) is 0.682. The summed E-state index contributed by atoms with van der Waals surface area (Å²) in [5.74, 6) is -0.784. The fourth-order valence-corrected chi connectivity index (χ4v) is 1.64. The topological polar surface area (TPSA) is 66.4 Å². The number of nitrogens with one attached hydrogen (secondary N) is 1. The zero-order chi connectivity index (χ0) is 11.1. The van der Waals surface area contributed by atoms with Crippen LogP contribution in [-0.2, 0) is 9.59 Å². The maximum atomic E-state index is 10.9. The first-order valence-corrected chi connectivity index (χ1v) is 5.00. The number of hydrogen-bond donors (Lipinski definition) is 2. The Balaban J connectivity index is 4.35. The smallest absolute Gasteiger partial charge is 0.305 e. The highest BCUT2D eigenvalue weighted by Crippen LogP contribution is 2.15. The van der Waals surface area contributed by atoms with E-state index in [1.807, 2.05) is 13.8 Å². The maximum Gasteiger partial charge on any atom is 0.305 e. The molecule has 0 saturated carbocycles. The minimum Gasteiger partial charge on any atom is -0.481 e. The van der Waals surface area contributed by atoms with Crippen LogP contribution in [0.1, 0.15) is 40.0 Å². The van der Waals surface area contributed by atoms with Gasteiger partial charge in [0.05, 0.1) is 6.42 Å². The molecule has 0 aromatic rings. The van der Waals surface area contributed by atoms with E-state index in [1.165, 1.54) is 6.92 Å². The minimum atomic E-state index is -0.865. The molecule has 0 unspecified atom stereocenters. The minimum absolute atomic E-state index is 0.00588. The molecule has 4 heteroatoms. The Morgan fingerprint density at radius 2 is 1.79 bits per heavy atom. The van der Waals surface area contributed by atoms with Crippen LogP contribution in [0.2, 0.25) is 0 Å². The number of carboxylic acids is 1. The molecule has 14 heavy (non-hydrogen) atoms. The highest BCUT2D eigenvalue weighted by Gasteiger charge is 2.21. The summed E-state index contributed by atoms with van der Waals surface area (Å²) >= 11 is 0.